The lowest BCUT2D eigenvalue weighted by molar-refractivity contribution is 0.0191. The summed E-state index contributed by atoms with van der Waals surface area (Å²) in [4.78, 5) is 36.7. The van der Waals surface area contributed by atoms with E-state index in [2.05, 4.69) is 15.5 Å². The molecular formula is C47H51ClN4O7. The number of hydrogen-bond acceptors (Lipinski definition) is 8. The molecular weight excluding hydrogens is 768 g/mol. The minimum Gasteiger partial charge on any atom is -0.508 e. The van der Waals surface area contributed by atoms with E-state index in [1.807, 2.05) is 72.5 Å². The maximum absolute atomic E-state index is 15.5. The van der Waals surface area contributed by atoms with Crippen LogP contribution in [0.2, 0.25) is 0 Å². The van der Waals surface area contributed by atoms with Gasteiger partial charge in [-0.3, -0.25) is 19.4 Å². The standard InChI is InChI=1S/C47H50N4O7.ClH/c1-2-56-43-14-8-10-32-30-50(35(26-37(32)43)31-48-20-24-55-25-21-48)46(53)39-29-45-44(57-22-9-23-58-45)28-38(39)42-27-40(41-13-6-7-19-49(41)42)47(54)51(33-11-4-3-5-12-33)34-15-17-36(52)18-16-34;/h3-5,8,10-12,14-18,27-29,35,52H,2,6-7,9,13,19-26,30-31H2,1H3;1H/t35-;/m0./s1. The van der Waals surface area contributed by atoms with E-state index < -0.39 is 0 Å². The van der Waals surface area contributed by atoms with E-state index in [9.17, 15) is 5.11 Å². The Morgan fingerprint density at radius 3 is 2.32 bits per heavy atom. The Morgan fingerprint density at radius 1 is 0.814 bits per heavy atom. The number of aromatic hydroxyl groups is 1. The molecule has 1 saturated heterocycles. The number of hydrogen-bond donors (Lipinski definition) is 1. The zero-order valence-electron chi connectivity index (χ0n) is 33.4. The van der Waals surface area contributed by atoms with Crippen LogP contribution < -0.4 is 19.1 Å². The lowest BCUT2D eigenvalue weighted by Gasteiger charge is -2.41. The summed E-state index contributed by atoms with van der Waals surface area (Å²) < 4.78 is 26.6. The molecule has 0 radical (unpaired) electrons. The van der Waals surface area contributed by atoms with Crippen molar-refractivity contribution in [3.63, 3.8) is 0 Å². The third kappa shape index (κ3) is 8.11. The number of carbonyl (C=O) groups excluding carboxylic acids is 2. The Bertz CT molecular complexity index is 2290. The fraction of sp³-hybridized carbons (Fsp3) is 0.362. The fourth-order valence-electron chi connectivity index (χ4n) is 8.94. The van der Waals surface area contributed by atoms with Gasteiger partial charge in [-0.05, 0) is 98.8 Å². The van der Waals surface area contributed by atoms with Crippen molar-refractivity contribution in [3.05, 3.63) is 119 Å². The van der Waals surface area contributed by atoms with Gasteiger partial charge in [0.05, 0.1) is 44.2 Å². The first-order valence-electron chi connectivity index (χ1n) is 20.7. The molecule has 1 aromatic heterocycles. The molecule has 1 atom stereocenters. The van der Waals surface area contributed by atoms with Crippen molar-refractivity contribution < 1.29 is 33.6 Å². The molecule has 0 spiro atoms. The molecule has 11 nitrogen and oxygen atoms in total. The maximum atomic E-state index is 15.5. The molecule has 9 rings (SSSR count). The second-order valence-corrected chi connectivity index (χ2v) is 15.4. The number of halogens is 1. The molecule has 5 heterocycles. The highest BCUT2D eigenvalue weighted by atomic mass is 35.5. The molecule has 12 heteroatoms. The minimum atomic E-state index is -0.181. The Balaban J connectivity index is 0.00000484. The van der Waals surface area contributed by atoms with E-state index in [1.54, 1.807) is 29.2 Å². The fourth-order valence-corrected chi connectivity index (χ4v) is 8.94. The number of anilines is 2. The van der Waals surface area contributed by atoms with Gasteiger partial charge in [-0.1, -0.05) is 30.3 Å². The van der Waals surface area contributed by atoms with Crippen LogP contribution in [-0.4, -0.2) is 90.0 Å². The molecule has 59 heavy (non-hydrogen) atoms. The van der Waals surface area contributed by atoms with Crippen molar-refractivity contribution in [2.45, 2.75) is 58.2 Å². The highest BCUT2D eigenvalue weighted by Crippen LogP contribution is 2.42. The van der Waals surface area contributed by atoms with E-state index in [4.69, 9.17) is 18.9 Å². The molecule has 0 bridgehead atoms. The van der Waals surface area contributed by atoms with E-state index in [0.717, 1.165) is 67.0 Å². The SMILES string of the molecule is CCOc1cccc2c1C[C@@H](CN1CCOCC1)N(C(=O)c1cc3c(cc1-c1cc(C(=O)N(c4ccccc4)c4ccc(O)cc4)c4n1CCCC4)OCCCO3)C2.Cl. The van der Waals surface area contributed by atoms with Crippen molar-refractivity contribution >= 4 is 35.6 Å². The van der Waals surface area contributed by atoms with Crippen LogP contribution in [0.5, 0.6) is 23.0 Å². The summed E-state index contributed by atoms with van der Waals surface area (Å²) >= 11 is 0. The molecule has 308 valence electrons. The van der Waals surface area contributed by atoms with E-state index in [0.29, 0.717) is 98.7 Å². The number of carbonyl (C=O) groups is 2. The van der Waals surface area contributed by atoms with Crippen LogP contribution in [0.3, 0.4) is 0 Å². The number of fused-ring (bicyclic) bond motifs is 3. The van der Waals surface area contributed by atoms with Crippen molar-refractivity contribution in [1.82, 2.24) is 14.4 Å². The quantitative estimate of drug-likeness (QED) is 0.159. The van der Waals surface area contributed by atoms with Gasteiger partial charge in [-0.15, -0.1) is 12.4 Å². The predicted molar refractivity (Wildman–Crippen MR) is 229 cm³/mol. The van der Waals surface area contributed by atoms with Gasteiger partial charge >= 0.3 is 0 Å². The van der Waals surface area contributed by atoms with Gasteiger partial charge in [0.25, 0.3) is 11.8 Å². The predicted octanol–water partition coefficient (Wildman–Crippen LogP) is 8.06. The Hall–Kier alpha value is -5.49. The highest BCUT2D eigenvalue weighted by Gasteiger charge is 2.37. The average Bonchev–Trinajstić information content (AvgIpc) is 3.49. The molecule has 1 N–H and O–H groups in total. The zero-order valence-corrected chi connectivity index (χ0v) is 34.3. The van der Waals surface area contributed by atoms with E-state index >= 15 is 9.59 Å². The maximum Gasteiger partial charge on any atom is 0.264 e. The van der Waals surface area contributed by atoms with Crippen LogP contribution in [-0.2, 0) is 30.7 Å². The first kappa shape index (κ1) is 40.3. The van der Waals surface area contributed by atoms with Crippen molar-refractivity contribution in [2.75, 3.05) is 57.6 Å². The molecule has 0 saturated carbocycles. The lowest BCUT2D eigenvalue weighted by Crippen LogP contribution is -2.52. The molecule has 5 aromatic rings. The van der Waals surface area contributed by atoms with Gasteiger partial charge in [0.1, 0.15) is 11.5 Å². The first-order valence-corrected chi connectivity index (χ1v) is 20.7. The lowest BCUT2D eigenvalue weighted by atomic mass is 9.91. The Labute approximate surface area is 351 Å². The van der Waals surface area contributed by atoms with Crippen LogP contribution in [0.4, 0.5) is 11.4 Å². The number of phenolic OH excluding ortho intramolecular Hbond substituents is 1. The number of nitrogens with zero attached hydrogens (tertiary/aromatic N) is 4. The smallest absolute Gasteiger partial charge is 0.264 e. The number of benzene rings is 4. The summed E-state index contributed by atoms with van der Waals surface area (Å²) in [5.74, 6) is 1.87. The monoisotopic (exact) mass is 818 g/mol. The molecule has 4 aliphatic heterocycles. The first-order chi connectivity index (χ1) is 28.5. The summed E-state index contributed by atoms with van der Waals surface area (Å²) in [6, 6.07) is 28.1. The number of phenols is 1. The van der Waals surface area contributed by atoms with Crippen molar-refractivity contribution in [2.24, 2.45) is 0 Å². The second kappa shape index (κ2) is 17.8. The van der Waals surface area contributed by atoms with Crippen LogP contribution in [0, 0.1) is 0 Å². The van der Waals surface area contributed by atoms with Gasteiger partial charge in [0, 0.05) is 79.1 Å². The zero-order chi connectivity index (χ0) is 39.6. The van der Waals surface area contributed by atoms with Crippen LogP contribution >= 0.6 is 12.4 Å². The Morgan fingerprint density at radius 2 is 1.56 bits per heavy atom. The second-order valence-electron chi connectivity index (χ2n) is 15.4. The number of rotatable bonds is 9. The van der Waals surface area contributed by atoms with Crippen molar-refractivity contribution in [1.29, 1.82) is 0 Å². The highest BCUT2D eigenvalue weighted by molar-refractivity contribution is 6.12. The summed E-state index contributed by atoms with van der Waals surface area (Å²) in [6.45, 7) is 8.37. The van der Waals surface area contributed by atoms with Crippen LogP contribution in [0.1, 0.15) is 63.7 Å². The summed E-state index contributed by atoms with van der Waals surface area (Å²) in [5, 5.41) is 10.1. The number of morpholine rings is 1. The molecule has 1 fully saturated rings. The minimum absolute atomic E-state index is 0. The van der Waals surface area contributed by atoms with Gasteiger partial charge in [0.2, 0.25) is 0 Å². The molecule has 4 aromatic carbocycles. The molecule has 0 unspecified atom stereocenters. The number of aromatic nitrogens is 1. The van der Waals surface area contributed by atoms with E-state index in [-0.39, 0.29) is 36.0 Å². The van der Waals surface area contributed by atoms with Crippen molar-refractivity contribution in [3.8, 4) is 34.3 Å². The van der Waals surface area contributed by atoms with Gasteiger partial charge in [-0.2, -0.15) is 0 Å². The summed E-state index contributed by atoms with van der Waals surface area (Å²) in [6.07, 6.45) is 4.01. The number of ether oxygens (including phenoxy) is 4. The third-order valence-electron chi connectivity index (χ3n) is 11.8. The van der Waals surface area contributed by atoms with E-state index in [1.165, 1.54) is 0 Å². The third-order valence-corrected chi connectivity index (χ3v) is 11.8. The summed E-state index contributed by atoms with van der Waals surface area (Å²) in [5.41, 5.74) is 7.15. The Kier molecular flexibility index (Phi) is 12.1. The van der Waals surface area contributed by atoms with Gasteiger partial charge in [-0.25, -0.2) is 0 Å². The topological polar surface area (TPSA) is 106 Å². The van der Waals surface area contributed by atoms with Crippen LogP contribution in [0.25, 0.3) is 11.3 Å². The summed E-state index contributed by atoms with van der Waals surface area (Å²) in [7, 11) is 0. The molecule has 0 aliphatic carbocycles. The normalized spacial score (nSPS) is 17.5. The molecule has 4 aliphatic rings. The number of para-hydroxylation sites is 1. The van der Waals surface area contributed by atoms with Crippen LogP contribution in [0.15, 0.2) is 91.0 Å². The molecule has 2 amide bonds. The average molecular weight is 819 g/mol. The number of amides is 2. The largest absolute Gasteiger partial charge is 0.508 e. The van der Waals surface area contributed by atoms with Gasteiger partial charge < -0.3 is 33.5 Å². The van der Waals surface area contributed by atoms with Gasteiger partial charge in [0.15, 0.2) is 11.5 Å².